The molecule has 1 aromatic rings. The molecule has 1 unspecified atom stereocenters. The molecule has 3 nitrogen and oxygen atoms in total. The second-order valence-corrected chi connectivity index (χ2v) is 4.97. The second kappa shape index (κ2) is 4.67. The topological polar surface area (TPSA) is 35.5 Å². The number of carbonyl (C=O) groups excluding carboxylic acids is 1. The molecule has 1 heterocycles. The SMILES string of the molecule is COCCC1(C)CC(=O)c2cc(Cl)ccc2O1. The number of hydrogen-bond acceptors (Lipinski definition) is 3. The molecule has 17 heavy (non-hydrogen) atoms. The van der Waals surface area contributed by atoms with Crippen molar-refractivity contribution in [3.8, 4) is 5.75 Å². The highest BCUT2D eigenvalue weighted by molar-refractivity contribution is 6.31. The zero-order valence-corrected chi connectivity index (χ0v) is 10.7. The highest BCUT2D eigenvalue weighted by Crippen LogP contribution is 2.36. The van der Waals surface area contributed by atoms with Crippen LogP contribution in [0.15, 0.2) is 18.2 Å². The van der Waals surface area contributed by atoms with Gasteiger partial charge >= 0.3 is 0 Å². The summed E-state index contributed by atoms with van der Waals surface area (Å²) in [6, 6.07) is 5.14. The van der Waals surface area contributed by atoms with Gasteiger partial charge in [-0.2, -0.15) is 0 Å². The summed E-state index contributed by atoms with van der Waals surface area (Å²) in [6.45, 7) is 2.51. The van der Waals surface area contributed by atoms with Crippen molar-refractivity contribution in [2.24, 2.45) is 0 Å². The Hall–Kier alpha value is -1.06. The summed E-state index contributed by atoms with van der Waals surface area (Å²) >= 11 is 5.87. The van der Waals surface area contributed by atoms with E-state index >= 15 is 0 Å². The van der Waals surface area contributed by atoms with Crippen molar-refractivity contribution in [2.45, 2.75) is 25.4 Å². The maximum Gasteiger partial charge on any atom is 0.170 e. The van der Waals surface area contributed by atoms with Crippen LogP contribution in [0.25, 0.3) is 0 Å². The summed E-state index contributed by atoms with van der Waals surface area (Å²) in [4.78, 5) is 12.0. The largest absolute Gasteiger partial charge is 0.486 e. The maximum absolute atomic E-state index is 12.0. The van der Waals surface area contributed by atoms with E-state index in [-0.39, 0.29) is 5.78 Å². The molecular weight excluding hydrogens is 240 g/mol. The molecule has 2 rings (SSSR count). The molecule has 0 amide bonds. The molecule has 1 aliphatic heterocycles. The van der Waals surface area contributed by atoms with Crippen LogP contribution in [-0.2, 0) is 4.74 Å². The van der Waals surface area contributed by atoms with Gasteiger partial charge in [0.15, 0.2) is 5.78 Å². The first-order valence-electron chi connectivity index (χ1n) is 5.55. The summed E-state index contributed by atoms with van der Waals surface area (Å²) in [5, 5.41) is 0.557. The zero-order valence-electron chi connectivity index (χ0n) is 9.96. The summed E-state index contributed by atoms with van der Waals surface area (Å²) in [6.07, 6.45) is 1.06. The number of benzene rings is 1. The van der Waals surface area contributed by atoms with Crippen LogP contribution >= 0.6 is 11.6 Å². The smallest absolute Gasteiger partial charge is 0.170 e. The second-order valence-electron chi connectivity index (χ2n) is 4.54. The van der Waals surface area contributed by atoms with Gasteiger partial charge in [0.05, 0.1) is 12.0 Å². The average Bonchev–Trinajstić information content (AvgIpc) is 2.28. The lowest BCUT2D eigenvalue weighted by Crippen LogP contribution is -2.40. The van der Waals surface area contributed by atoms with E-state index in [4.69, 9.17) is 21.1 Å². The van der Waals surface area contributed by atoms with Crippen LogP contribution in [0.1, 0.15) is 30.1 Å². The minimum Gasteiger partial charge on any atom is -0.486 e. The van der Waals surface area contributed by atoms with Gasteiger partial charge in [-0.1, -0.05) is 11.6 Å². The molecule has 0 saturated heterocycles. The number of rotatable bonds is 3. The Morgan fingerprint density at radius 2 is 2.29 bits per heavy atom. The van der Waals surface area contributed by atoms with E-state index in [0.717, 1.165) is 0 Å². The average molecular weight is 255 g/mol. The minimum absolute atomic E-state index is 0.0763. The van der Waals surface area contributed by atoms with Crippen LogP contribution in [0.3, 0.4) is 0 Å². The maximum atomic E-state index is 12.0. The van der Waals surface area contributed by atoms with Gasteiger partial charge < -0.3 is 9.47 Å². The van der Waals surface area contributed by atoms with Crippen LogP contribution in [0.5, 0.6) is 5.75 Å². The molecule has 1 aliphatic rings. The Labute approximate surface area is 106 Å². The summed E-state index contributed by atoms with van der Waals surface area (Å²) in [5.74, 6) is 0.691. The molecule has 1 atom stereocenters. The Morgan fingerprint density at radius 1 is 1.53 bits per heavy atom. The third-order valence-electron chi connectivity index (χ3n) is 2.97. The number of methoxy groups -OCH3 is 1. The van der Waals surface area contributed by atoms with Crippen molar-refractivity contribution in [1.29, 1.82) is 0 Å². The number of fused-ring (bicyclic) bond motifs is 1. The Morgan fingerprint density at radius 3 is 3.00 bits per heavy atom. The lowest BCUT2D eigenvalue weighted by Gasteiger charge is -2.34. The fourth-order valence-electron chi connectivity index (χ4n) is 2.00. The van der Waals surface area contributed by atoms with E-state index in [0.29, 0.717) is 35.8 Å². The number of ketones is 1. The lowest BCUT2D eigenvalue weighted by atomic mass is 9.89. The number of Topliss-reactive ketones (excluding diaryl/α,β-unsaturated/α-hetero) is 1. The van der Waals surface area contributed by atoms with Gasteiger partial charge in [-0.05, 0) is 25.1 Å². The van der Waals surface area contributed by atoms with E-state index in [1.54, 1.807) is 25.3 Å². The van der Waals surface area contributed by atoms with E-state index in [9.17, 15) is 4.79 Å². The highest BCUT2D eigenvalue weighted by Gasteiger charge is 2.36. The third-order valence-corrected chi connectivity index (χ3v) is 3.20. The van der Waals surface area contributed by atoms with Crippen molar-refractivity contribution in [2.75, 3.05) is 13.7 Å². The molecule has 1 aromatic carbocycles. The standard InChI is InChI=1S/C13H15ClO3/c1-13(5-6-16-2)8-11(15)10-7-9(14)3-4-12(10)17-13/h3-4,7H,5-6,8H2,1-2H3. The molecule has 4 heteroatoms. The van der Waals surface area contributed by atoms with E-state index in [1.807, 2.05) is 6.92 Å². The Bertz CT molecular complexity index is 444. The molecule has 0 aliphatic carbocycles. The van der Waals surface area contributed by atoms with Crippen molar-refractivity contribution in [3.63, 3.8) is 0 Å². The summed E-state index contributed by atoms with van der Waals surface area (Å²) < 4.78 is 10.9. The van der Waals surface area contributed by atoms with Gasteiger partial charge in [-0.3, -0.25) is 4.79 Å². The Kier molecular flexibility index (Phi) is 3.40. The van der Waals surface area contributed by atoms with Crippen LogP contribution in [0.2, 0.25) is 5.02 Å². The molecule has 0 radical (unpaired) electrons. The summed E-state index contributed by atoms with van der Waals surface area (Å²) in [7, 11) is 1.64. The normalized spacial score (nSPS) is 23.1. The molecule has 0 fully saturated rings. The van der Waals surface area contributed by atoms with Gasteiger partial charge in [0, 0.05) is 25.2 Å². The lowest BCUT2D eigenvalue weighted by molar-refractivity contribution is 0.0291. The molecule has 0 spiro atoms. The van der Waals surface area contributed by atoms with Gasteiger partial charge in [-0.25, -0.2) is 0 Å². The number of hydrogen-bond donors (Lipinski definition) is 0. The first-order valence-corrected chi connectivity index (χ1v) is 5.92. The van der Waals surface area contributed by atoms with Crippen molar-refractivity contribution >= 4 is 17.4 Å². The predicted octanol–water partition coefficient (Wildman–Crippen LogP) is 3.10. The van der Waals surface area contributed by atoms with Crippen LogP contribution in [-0.4, -0.2) is 25.1 Å². The van der Waals surface area contributed by atoms with E-state index in [2.05, 4.69) is 0 Å². The molecular formula is C13H15ClO3. The number of halogens is 1. The predicted molar refractivity (Wildman–Crippen MR) is 65.9 cm³/mol. The monoisotopic (exact) mass is 254 g/mol. The van der Waals surface area contributed by atoms with Gasteiger partial charge in [0.1, 0.15) is 11.4 Å². The van der Waals surface area contributed by atoms with Gasteiger partial charge in [0.25, 0.3) is 0 Å². The molecule has 0 bridgehead atoms. The molecule has 0 aromatic heterocycles. The van der Waals surface area contributed by atoms with Crippen LogP contribution in [0.4, 0.5) is 0 Å². The van der Waals surface area contributed by atoms with E-state index < -0.39 is 5.60 Å². The highest BCUT2D eigenvalue weighted by atomic mass is 35.5. The van der Waals surface area contributed by atoms with Crippen LogP contribution in [0, 0.1) is 0 Å². The Balaban J connectivity index is 2.27. The first kappa shape index (κ1) is 12.4. The number of ether oxygens (including phenoxy) is 2. The fraction of sp³-hybridized carbons (Fsp3) is 0.462. The molecule has 0 saturated carbocycles. The van der Waals surface area contributed by atoms with Gasteiger partial charge in [0.2, 0.25) is 0 Å². The number of carbonyl (C=O) groups is 1. The molecule has 0 N–H and O–H groups in total. The third kappa shape index (κ3) is 2.61. The van der Waals surface area contributed by atoms with Crippen molar-refractivity contribution in [1.82, 2.24) is 0 Å². The summed E-state index contributed by atoms with van der Waals surface area (Å²) in [5.41, 5.74) is 0.0980. The minimum atomic E-state index is -0.478. The van der Waals surface area contributed by atoms with Crippen LogP contribution < -0.4 is 4.74 Å². The van der Waals surface area contributed by atoms with Crippen molar-refractivity contribution in [3.05, 3.63) is 28.8 Å². The quantitative estimate of drug-likeness (QED) is 0.832. The van der Waals surface area contributed by atoms with Crippen molar-refractivity contribution < 1.29 is 14.3 Å². The fourth-order valence-corrected chi connectivity index (χ4v) is 2.17. The first-order chi connectivity index (χ1) is 8.04. The van der Waals surface area contributed by atoms with E-state index in [1.165, 1.54) is 0 Å². The zero-order chi connectivity index (χ0) is 12.5. The van der Waals surface area contributed by atoms with Gasteiger partial charge in [-0.15, -0.1) is 0 Å². The molecule has 92 valence electrons.